The van der Waals surface area contributed by atoms with Crippen LogP contribution in [0.5, 0.6) is 5.75 Å². The number of aromatic nitrogens is 1. The van der Waals surface area contributed by atoms with Gasteiger partial charge in [-0.25, -0.2) is 9.59 Å². The largest absolute Gasteiger partial charge is 0.482 e. The second-order valence-electron chi connectivity index (χ2n) is 6.53. The topological polar surface area (TPSA) is 112 Å². The van der Waals surface area contributed by atoms with Crippen molar-refractivity contribution in [3.05, 3.63) is 51.8 Å². The number of Topliss-reactive ketones (excluding diaryl/α,β-unsaturated/α-hetero) is 2. The molecule has 0 radical (unpaired) electrons. The molecule has 0 bridgehead atoms. The maximum atomic E-state index is 12.9. The van der Waals surface area contributed by atoms with Crippen LogP contribution in [-0.4, -0.2) is 48.8 Å². The standard InChI is InChI=1S/C21H23NO7/c1-10-17(12(3)23)11(2)22-18(10)19(24)13(4)29-16-8-14(20(25)27-5)7-15(9-16)21(26)28-6/h7-9,13,22H,1-6H3/t13-/m0/s1. The number of methoxy groups -OCH3 is 2. The highest BCUT2D eigenvalue weighted by molar-refractivity contribution is 6.05. The summed E-state index contributed by atoms with van der Waals surface area (Å²) in [5, 5.41) is 0. The lowest BCUT2D eigenvalue weighted by Gasteiger charge is -2.15. The predicted molar refractivity (Wildman–Crippen MR) is 104 cm³/mol. The smallest absolute Gasteiger partial charge is 0.338 e. The van der Waals surface area contributed by atoms with Crippen molar-refractivity contribution in [3.63, 3.8) is 0 Å². The van der Waals surface area contributed by atoms with Crippen LogP contribution in [0.4, 0.5) is 0 Å². The van der Waals surface area contributed by atoms with Crippen LogP contribution in [0, 0.1) is 13.8 Å². The molecule has 0 unspecified atom stereocenters. The maximum Gasteiger partial charge on any atom is 0.338 e. The maximum absolute atomic E-state index is 12.9. The Morgan fingerprint density at radius 2 is 1.45 bits per heavy atom. The van der Waals surface area contributed by atoms with Gasteiger partial charge < -0.3 is 19.2 Å². The van der Waals surface area contributed by atoms with Crippen LogP contribution in [0.2, 0.25) is 0 Å². The first-order chi connectivity index (χ1) is 13.6. The number of H-pyrrole nitrogens is 1. The van der Waals surface area contributed by atoms with Gasteiger partial charge in [0.25, 0.3) is 0 Å². The molecular formula is C21H23NO7. The molecule has 154 valence electrons. The molecular weight excluding hydrogens is 378 g/mol. The molecule has 0 aliphatic heterocycles. The molecule has 0 fully saturated rings. The number of hydrogen-bond donors (Lipinski definition) is 1. The van der Waals surface area contributed by atoms with Gasteiger partial charge in [-0.15, -0.1) is 0 Å². The molecule has 1 atom stereocenters. The Labute approximate surface area is 168 Å². The van der Waals surface area contributed by atoms with Crippen molar-refractivity contribution in [2.45, 2.75) is 33.8 Å². The van der Waals surface area contributed by atoms with Gasteiger partial charge in [0.15, 0.2) is 11.9 Å². The van der Waals surface area contributed by atoms with Gasteiger partial charge in [-0.2, -0.15) is 0 Å². The van der Waals surface area contributed by atoms with Crippen molar-refractivity contribution < 1.29 is 33.4 Å². The zero-order valence-corrected chi connectivity index (χ0v) is 17.2. The number of ether oxygens (including phenoxy) is 3. The zero-order chi connectivity index (χ0) is 21.9. The Morgan fingerprint density at radius 3 is 1.86 bits per heavy atom. The Hall–Kier alpha value is -3.42. The number of ketones is 2. The molecule has 0 amide bonds. The van der Waals surface area contributed by atoms with Gasteiger partial charge in [0.1, 0.15) is 5.75 Å². The molecule has 2 aromatic rings. The summed E-state index contributed by atoms with van der Waals surface area (Å²) in [7, 11) is 2.42. The van der Waals surface area contributed by atoms with Gasteiger partial charge in [-0.05, 0) is 51.5 Å². The summed E-state index contributed by atoms with van der Waals surface area (Å²) in [6.07, 6.45) is -0.954. The van der Waals surface area contributed by atoms with E-state index >= 15 is 0 Å². The van der Waals surface area contributed by atoms with Crippen molar-refractivity contribution in [2.24, 2.45) is 0 Å². The van der Waals surface area contributed by atoms with Gasteiger partial charge in [0, 0.05) is 11.3 Å². The van der Waals surface area contributed by atoms with Gasteiger partial charge >= 0.3 is 11.9 Å². The highest BCUT2D eigenvalue weighted by atomic mass is 16.5. The predicted octanol–water partition coefficient (Wildman–Crippen LogP) is 3.06. The Balaban J connectivity index is 2.37. The number of aryl methyl sites for hydroxylation is 1. The van der Waals surface area contributed by atoms with E-state index in [0.29, 0.717) is 16.8 Å². The van der Waals surface area contributed by atoms with Crippen molar-refractivity contribution in [2.75, 3.05) is 14.2 Å². The van der Waals surface area contributed by atoms with Crippen molar-refractivity contribution in [1.82, 2.24) is 4.98 Å². The summed E-state index contributed by atoms with van der Waals surface area (Å²) >= 11 is 0. The van der Waals surface area contributed by atoms with Crippen LogP contribution < -0.4 is 4.74 Å². The summed E-state index contributed by atoms with van der Waals surface area (Å²) in [6.45, 7) is 6.37. The number of carbonyl (C=O) groups excluding carboxylic acids is 4. The van der Waals surface area contributed by atoms with Gasteiger partial charge in [0.05, 0.1) is 31.0 Å². The zero-order valence-electron chi connectivity index (χ0n) is 17.2. The fourth-order valence-electron chi connectivity index (χ4n) is 3.12. The SMILES string of the molecule is COC(=O)c1cc(O[C@@H](C)C(=O)c2[nH]c(C)c(C(C)=O)c2C)cc(C(=O)OC)c1. The van der Waals surface area contributed by atoms with E-state index in [1.54, 1.807) is 13.8 Å². The molecule has 1 heterocycles. The Morgan fingerprint density at radius 1 is 0.931 bits per heavy atom. The van der Waals surface area contributed by atoms with E-state index < -0.39 is 18.0 Å². The van der Waals surface area contributed by atoms with Gasteiger partial charge in [-0.3, -0.25) is 9.59 Å². The number of aromatic amines is 1. The van der Waals surface area contributed by atoms with Crippen LogP contribution >= 0.6 is 0 Å². The average Bonchev–Trinajstić information content (AvgIpc) is 2.99. The van der Waals surface area contributed by atoms with Crippen molar-refractivity contribution in [1.29, 1.82) is 0 Å². The molecule has 8 nitrogen and oxygen atoms in total. The van der Waals surface area contributed by atoms with E-state index in [4.69, 9.17) is 4.74 Å². The summed E-state index contributed by atoms with van der Waals surface area (Å²) in [5.41, 5.74) is 2.06. The first-order valence-corrected chi connectivity index (χ1v) is 8.83. The molecule has 0 saturated carbocycles. The fraction of sp³-hybridized carbons (Fsp3) is 0.333. The first-order valence-electron chi connectivity index (χ1n) is 8.83. The summed E-state index contributed by atoms with van der Waals surface area (Å²) < 4.78 is 15.1. The lowest BCUT2D eigenvalue weighted by atomic mass is 10.0. The number of nitrogens with one attached hydrogen (secondary N) is 1. The van der Waals surface area contributed by atoms with Crippen LogP contribution in [0.1, 0.15) is 66.7 Å². The van der Waals surface area contributed by atoms with E-state index in [0.717, 1.165) is 0 Å². The van der Waals surface area contributed by atoms with E-state index in [-0.39, 0.29) is 34.1 Å². The molecule has 1 aromatic heterocycles. The minimum Gasteiger partial charge on any atom is -0.482 e. The lowest BCUT2D eigenvalue weighted by molar-refractivity contribution is 0.0597. The number of hydrogen-bond acceptors (Lipinski definition) is 7. The quantitative estimate of drug-likeness (QED) is 0.560. The van der Waals surface area contributed by atoms with E-state index in [1.165, 1.54) is 46.3 Å². The molecule has 8 heteroatoms. The van der Waals surface area contributed by atoms with Crippen LogP contribution in [0.25, 0.3) is 0 Å². The molecule has 29 heavy (non-hydrogen) atoms. The summed E-state index contributed by atoms with van der Waals surface area (Å²) in [4.78, 5) is 51.4. The van der Waals surface area contributed by atoms with Crippen LogP contribution in [0.15, 0.2) is 18.2 Å². The third kappa shape index (κ3) is 4.53. The number of benzene rings is 1. The van der Waals surface area contributed by atoms with Crippen molar-refractivity contribution >= 4 is 23.5 Å². The first kappa shape index (κ1) is 21.9. The monoisotopic (exact) mass is 401 g/mol. The number of esters is 2. The second kappa shape index (κ2) is 8.72. The average molecular weight is 401 g/mol. The molecule has 0 aliphatic carbocycles. The second-order valence-corrected chi connectivity index (χ2v) is 6.53. The third-order valence-electron chi connectivity index (χ3n) is 4.47. The van der Waals surface area contributed by atoms with Gasteiger partial charge in [-0.1, -0.05) is 0 Å². The lowest BCUT2D eigenvalue weighted by Crippen LogP contribution is -2.25. The summed E-state index contributed by atoms with van der Waals surface area (Å²) in [5.74, 6) is -1.72. The highest BCUT2D eigenvalue weighted by Gasteiger charge is 2.25. The Bertz CT molecular complexity index is 953. The van der Waals surface area contributed by atoms with E-state index in [9.17, 15) is 19.2 Å². The molecule has 0 saturated heterocycles. The van der Waals surface area contributed by atoms with Crippen LogP contribution in [-0.2, 0) is 9.47 Å². The number of rotatable bonds is 7. The minimum atomic E-state index is -0.954. The fourth-order valence-corrected chi connectivity index (χ4v) is 3.12. The Kier molecular flexibility index (Phi) is 6.58. The third-order valence-corrected chi connectivity index (χ3v) is 4.47. The minimum absolute atomic E-state index is 0.0795. The molecule has 2 rings (SSSR count). The normalized spacial score (nSPS) is 11.5. The molecule has 1 N–H and O–H groups in total. The van der Waals surface area contributed by atoms with E-state index in [2.05, 4.69) is 14.5 Å². The van der Waals surface area contributed by atoms with Gasteiger partial charge in [0.2, 0.25) is 5.78 Å². The number of carbonyl (C=O) groups is 4. The molecule has 0 spiro atoms. The molecule has 1 aromatic carbocycles. The van der Waals surface area contributed by atoms with Crippen molar-refractivity contribution in [3.8, 4) is 5.75 Å². The van der Waals surface area contributed by atoms with E-state index in [1.807, 2.05) is 0 Å². The summed E-state index contributed by atoms with van der Waals surface area (Å²) in [6, 6.07) is 4.06. The highest BCUT2D eigenvalue weighted by Crippen LogP contribution is 2.23. The van der Waals surface area contributed by atoms with Crippen LogP contribution in [0.3, 0.4) is 0 Å². The molecule has 0 aliphatic rings.